The van der Waals surface area contributed by atoms with Gasteiger partial charge in [-0.1, -0.05) is 54.6 Å². The molecule has 3 heteroatoms. The highest BCUT2D eigenvalue weighted by atomic mass is 16.5. The van der Waals surface area contributed by atoms with E-state index < -0.39 is 0 Å². The number of benzene rings is 4. The van der Waals surface area contributed by atoms with Gasteiger partial charge in [0.15, 0.2) is 0 Å². The van der Waals surface area contributed by atoms with E-state index in [0.29, 0.717) is 0 Å². The number of methoxy groups -OCH3 is 1. The van der Waals surface area contributed by atoms with Gasteiger partial charge in [-0.2, -0.15) is 0 Å². The van der Waals surface area contributed by atoms with Crippen LogP contribution in [0.3, 0.4) is 0 Å². The number of ether oxygens (including phenoxy) is 1. The second kappa shape index (κ2) is 7.49. The number of hydrogen-bond donors (Lipinski definition) is 2. The molecule has 138 valence electrons. The van der Waals surface area contributed by atoms with Gasteiger partial charge >= 0.3 is 0 Å². The van der Waals surface area contributed by atoms with Crippen molar-refractivity contribution in [1.82, 2.24) is 0 Å². The van der Waals surface area contributed by atoms with Crippen LogP contribution in [-0.2, 0) is 0 Å². The lowest BCUT2D eigenvalue weighted by atomic mass is 9.89. The number of nitrogen functional groups attached to an aromatic ring is 2. The first-order chi connectivity index (χ1) is 13.7. The summed E-state index contributed by atoms with van der Waals surface area (Å²) in [5.74, 6) is 0.841. The Morgan fingerprint density at radius 1 is 0.536 bits per heavy atom. The second-order valence-corrected chi connectivity index (χ2v) is 6.70. The normalized spacial score (nSPS) is 10.6. The maximum Gasteiger partial charge on any atom is 0.118 e. The van der Waals surface area contributed by atoms with Crippen LogP contribution in [0.15, 0.2) is 91.0 Å². The lowest BCUT2D eigenvalue weighted by Crippen LogP contribution is -1.93. The van der Waals surface area contributed by atoms with Crippen LogP contribution in [-0.4, -0.2) is 7.11 Å². The van der Waals surface area contributed by atoms with Crippen LogP contribution in [0.1, 0.15) is 0 Å². The lowest BCUT2D eigenvalue weighted by molar-refractivity contribution is 0.415. The summed E-state index contributed by atoms with van der Waals surface area (Å²) in [7, 11) is 1.68. The number of anilines is 2. The van der Waals surface area contributed by atoms with Crippen molar-refractivity contribution in [2.75, 3.05) is 18.6 Å². The molecule has 0 saturated carbocycles. The Labute approximate surface area is 165 Å². The molecule has 4 aromatic carbocycles. The summed E-state index contributed by atoms with van der Waals surface area (Å²) in [5, 5.41) is 0. The molecule has 4 N–H and O–H groups in total. The van der Waals surface area contributed by atoms with Crippen molar-refractivity contribution >= 4 is 11.4 Å². The topological polar surface area (TPSA) is 61.3 Å². The van der Waals surface area contributed by atoms with Gasteiger partial charge in [0, 0.05) is 11.4 Å². The van der Waals surface area contributed by atoms with Gasteiger partial charge in [-0.25, -0.2) is 0 Å². The summed E-state index contributed by atoms with van der Waals surface area (Å²) < 4.78 is 5.30. The van der Waals surface area contributed by atoms with Gasteiger partial charge in [0.05, 0.1) is 7.11 Å². The highest BCUT2D eigenvalue weighted by Gasteiger charge is 2.13. The third-order valence-electron chi connectivity index (χ3n) is 4.88. The predicted molar refractivity (Wildman–Crippen MR) is 118 cm³/mol. The van der Waals surface area contributed by atoms with E-state index in [2.05, 4.69) is 42.5 Å². The first-order valence-electron chi connectivity index (χ1n) is 9.15. The number of nitrogens with two attached hydrogens (primary N) is 2. The van der Waals surface area contributed by atoms with Crippen LogP contribution in [0, 0.1) is 0 Å². The molecular weight excluding hydrogens is 344 g/mol. The van der Waals surface area contributed by atoms with Crippen LogP contribution in [0.25, 0.3) is 33.4 Å². The molecule has 0 aliphatic rings. The van der Waals surface area contributed by atoms with Crippen LogP contribution in [0.5, 0.6) is 5.75 Å². The number of hydrogen-bond acceptors (Lipinski definition) is 3. The summed E-state index contributed by atoms with van der Waals surface area (Å²) >= 11 is 0. The van der Waals surface area contributed by atoms with Crippen LogP contribution in [0.4, 0.5) is 11.4 Å². The molecule has 0 atom stereocenters. The van der Waals surface area contributed by atoms with Crippen molar-refractivity contribution in [2.45, 2.75) is 0 Å². The molecule has 0 radical (unpaired) electrons. The Kier molecular flexibility index (Phi) is 4.73. The Morgan fingerprint density at radius 2 is 1.07 bits per heavy atom. The molecule has 28 heavy (non-hydrogen) atoms. The summed E-state index contributed by atoms with van der Waals surface area (Å²) in [5.41, 5.74) is 20.2. The third-order valence-corrected chi connectivity index (χ3v) is 4.88. The fourth-order valence-electron chi connectivity index (χ4n) is 3.44. The number of rotatable bonds is 4. The SMILES string of the molecule is COc1ccc(-c2ccccc2-c2cc(N)ccc2-c2ccc(N)cc2)cc1. The maximum atomic E-state index is 6.16. The third kappa shape index (κ3) is 3.42. The molecule has 3 nitrogen and oxygen atoms in total. The smallest absolute Gasteiger partial charge is 0.118 e. The standard InChI is InChI=1S/C25H22N2O/c1-28-21-13-8-18(9-14-21)22-4-2-3-5-24(22)25-16-20(27)12-15-23(25)17-6-10-19(26)11-7-17/h2-16H,26-27H2,1H3. The molecule has 0 saturated heterocycles. The second-order valence-electron chi connectivity index (χ2n) is 6.70. The van der Waals surface area contributed by atoms with Gasteiger partial charge in [-0.15, -0.1) is 0 Å². The molecule has 0 spiro atoms. The van der Waals surface area contributed by atoms with Crippen molar-refractivity contribution < 1.29 is 4.74 Å². The van der Waals surface area contributed by atoms with Gasteiger partial charge in [0.1, 0.15) is 5.75 Å². The molecule has 0 heterocycles. The van der Waals surface area contributed by atoms with Gasteiger partial charge in [-0.05, 0) is 69.8 Å². The van der Waals surface area contributed by atoms with Crippen molar-refractivity contribution in [3.8, 4) is 39.1 Å². The monoisotopic (exact) mass is 366 g/mol. The van der Waals surface area contributed by atoms with Crippen LogP contribution < -0.4 is 16.2 Å². The quantitative estimate of drug-likeness (QED) is 0.445. The molecule has 0 aliphatic carbocycles. The molecule has 0 bridgehead atoms. The Hall–Kier alpha value is -3.72. The minimum atomic E-state index is 0.735. The van der Waals surface area contributed by atoms with E-state index in [-0.39, 0.29) is 0 Å². The van der Waals surface area contributed by atoms with Gasteiger partial charge in [0.2, 0.25) is 0 Å². The molecule has 0 amide bonds. The van der Waals surface area contributed by atoms with Crippen molar-refractivity contribution in [3.05, 3.63) is 91.0 Å². The predicted octanol–water partition coefficient (Wildman–Crippen LogP) is 5.86. The summed E-state index contributed by atoms with van der Waals surface area (Å²) in [6.07, 6.45) is 0. The van der Waals surface area contributed by atoms with E-state index in [1.807, 2.05) is 48.5 Å². The molecule has 0 unspecified atom stereocenters. The van der Waals surface area contributed by atoms with E-state index in [1.165, 1.54) is 0 Å². The first kappa shape index (κ1) is 17.7. The first-order valence-corrected chi connectivity index (χ1v) is 9.15. The van der Waals surface area contributed by atoms with E-state index in [0.717, 1.165) is 50.5 Å². The van der Waals surface area contributed by atoms with Gasteiger partial charge in [-0.3, -0.25) is 0 Å². The Bertz CT molecular complexity index is 1100. The van der Waals surface area contributed by atoms with Gasteiger partial charge in [0.25, 0.3) is 0 Å². The van der Waals surface area contributed by atoms with Crippen molar-refractivity contribution in [1.29, 1.82) is 0 Å². The summed E-state index contributed by atoms with van der Waals surface area (Å²) in [4.78, 5) is 0. The van der Waals surface area contributed by atoms with Crippen LogP contribution in [0.2, 0.25) is 0 Å². The average molecular weight is 366 g/mol. The average Bonchev–Trinajstić information content (AvgIpc) is 2.74. The molecule has 0 fully saturated rings. The fourth-order valence-corrected chi connectivity index (χ4v) is 3.44. The minimum absolute atomic E-state index is 0.735. The molecule has 0 aliphatic heterocycles. The summed E-state index contributed by atoms with van der Waals surface area (Å²) in [6, 6.07) is 30.5. The van der Waals surface area contributed by atoms with E-state index in [9.17, 15) is 0 Å². The minimum Gasteiger partial charge on any atom is -0.497 e. The van der Waals surface area contributed by atoms with Gasteiger partial charge < -0.3 is 16.2 Å². The van der Waals surface area contributed by atoms with Crippen molar-refractivity contribution in [2.24, 2.45) is 0 Å². The Balaban J connectivity index is 1.90. The van der Waals surface area contributed by atoms with E-state index in [4.69, 9.17) is 16.2 Å². The van der Waals surface area contributed by atoms with Crippen LogP contribution >= 0.6 is 0 Å². The molecule has 4 aromatic rings. The lowest BCUT2D eigenvalue weighted by Gasteiger charge is -2.16. The summed E-state index contributed by atoms with van der Waals surface area (Å²) in [6.45, 7) is 0. The zero-order valence-electron chi connectivity index (χ0n) is 15.7. The maximum absolute atomic E-state index is 6.16. The molecule has 4 rings (SSSR count). The largest absolute Gasteiger partial charge is 0.497 e. The van der Waals surface area contributed by atoms with Crippen molar-refractivity contribution in [3.63, 3.8) is 0 Å². The molecule has 0 aromatic heterocycles. The zero-order chi connectivity index (χ0) is 19.5. The Morgan fingerprint density at radius 3 is 1.71 bits per heavy atom. The zero-order valence-corrected chi connectivity index (χ0v) is 15.7. The molecular formula is C25H22N2O. The van der Waals surface area contributed by atoms with E-state index >= 15 is 0 Å². The highest BCUT2D eigenvalue weighted by Crippen LogP contribution is 2.39. The van der Waals surface area contributed by atoms with E-state index in [1.54, 1.807) is 7.11 Å². The highest BCUT2D eigenvalue weighted by molar-refractivity contribution is 5.93. The fraction of sp³-hybridized carbons (Fsp3) is 0.0400.